The zero-order chi connectivity index (χ0) is 33.3. The number of carbonyl (C=O) groups is 2. The Balaban J connectivity index is 2.12. The molecule has 0 radical (unpaired) electrons. The highest BCUT2D eigenvalue weighted by Gasteiger charge is 2.34. The van der Waals surface area contributed by atoms with E-state index in [0.29, 0.717) is 40.1 Å². The number of nitrogens with one attached hydrogen (secondary N) is 1. The molecule has 0 aliphatic carbocycles. The van der Waals surface area contributed by atoms with Crippen molar-refractivity contribution in [3.05, 3.63) is 76.3 Å². The van der Waals surface area contributed by atoms with Crippen LogP contribution in [0.4, 0.5) is 5.69 Å². The van der Waals surface area contributed by atoms with E-state index in [0.717, 1.165) is 4.31 Å². The minimum atomic E-state index is -4.37. The minimum Gasteiger partial charge on any atom is -0.494 e. The van der Waals surface area contributed by atoms with Crippen LogP contribution in [0.15, 0.2) is 65.6 Å². The molecule has 0 saturated heterocycles. The monoisotopic (exact) mass is 679 g/mol. The first kappa shape index (κ1) is 35.8. The van der Waals surface area contributed by atoms with E-state index in [2.05, 4.69) is 5.32 Å². The second-order valence-corrected chi connectivity index (χ2v) is 12.8. The number of anilines is 1. The summed E-state index contributed by atoms with van der Waals surface area (Å²) in [6.45, 7) is 6.82. The lowest BCUT2D eigenvalue weighted by molar-refractivity contribution is -0.139. The maximum absolute atomic E-state index is 14.2. The van der Waals surface area contributed by atoms with Gasteiger partial charge in [0.2, 0.25) is 11.8 Å². The van der Waals surface area contributed by atoms with Crippen LogP contribution in [0, 0.1) is 0 Å². The molecule has 2 atom stereocenters. The Bertz CT molecular complexity index is 1570. The average molecular weight is 681 g/mol. The van der Waals surface area contributed by atoms with Gasteiger partial charge in [0.25, 0.3) is 10.0 Å². The molecule has 13 heteroatoms. The topological polar surface area (TPSA) is 114 Å². The molecule has 0 bridgehead atoms. The van der Waals surface area contributed by atoms with Crippen LogP contribution in [0.5, 0.6) is 17.2 Å². The van der Waals surface area contributed by atoms with Crippen LogP contribution in [0.3, 0.4) is 0 Å². The summed E-state index contributed by atoms with van der Waals surface area (Å²) in [5.41, 5.74) is 0.627. The second-order valence-electron chi connectivity index (χ2n) is 10.2. The van der Waals surface area contributed by atoms with E-state index in [1.54, 1.807) is 49.4 Å². The maximum atomic E-state index is 14.2. The molecule has 0 aliphatic heterocycles. The molecule has 3 rings (SSSR count). The Labute approximate surface area is 275 Å². The summed E-state index contributed by atoms with van der Waals surface area (Å²) in [4.78, 5) is 28.6. The van der Waals surface area contributed by atoms with E-state index in [1.165, 1.54) is 37.3 Å². The Morgan fingerprint density at radius 2 is 1.53 bits per heavy atom. The Kier molecular flexibility index (Phi) is 12.8. The molecule has 0 unspecified atom stereocenters. The lowest BCUT2D eigenvalue weighted by atomic mass is 10.1. The van der Waals surface area contributed by atoms with Gasteiger partial charge in [-0.1, -0.05) is 36.2 Å². The van der Waals surface area contributed by atoms with Gasteiger partial charge >= 0.3 is 0 Å². The lowest BCUT2D eigenvalue weighted by Gasteiger charge is -2.33. The summed E-state index contributed by atoms with van der Waals surface area (Å²) in [6, 6.07) is 14.3. The van der Waals surface area contributed by atoms with Crippen LogP contribution in [-0.4, -0.2) is 64.6 Å². The van der Waals surface area contributed by atoms with Gasteiger partial charge in [-0.15, -0.1) is 0 Å². The van der Waals surface area contributed by atoms with Gasteiger partial charge in [-0.25, -0.2) is 8.42 Å². The first-order valence-electron chi connectivity index (χ1n) is 14.4. The summed E-state index contributed by atoms with van der Waals surface area (Å²) >= 11 is 12.9. The van der Waals surface area contributed by atoms with Crippen molar-refractivity contribution in [2.45, 2.75) is 57.6 Å². The van der Waals surface area contributed by atoms with Crippen molar-refractivity contribution in [1.29, 1.82) is 0 Å². The van der Waals surface area contributed by atoms with Crippen molar-refractivity contribution in [2.75, 3.05) is 31.7 Å². The molecule has 1 N–H and O–H groups in total. The standard InChI is InChI=1S/C32H39Cl2N3O7S/c1-7-21(3)35-32(39)22(4)36(19-26-27(33)10-9-11-28(26)34)31(38)20-37(23-12-14-24(15-13-23)44-8-2)45(40,41)25-16-17-29(42-5)30(18-25)43-6/h9-18,21-22H,7-8,19-20H2,1-6H3,(H,35,39)/t21-,22-/m1/s1. The van der Waals surface area contributed by atoms with Crippen LogP contribution >= 0.6 is 23.2 Å². The van der Waals surface area contributed by atoms with Gasteiger partial charge in [-0.2, -0.15) is 0 Å². The number of carbonyl (C=O) groups excluding carboxylic acids is 2. The molecule has 244 valence electrons. The predicted octanol–water partition coefficient (Wildman–Crippen LogP) is 5.94. The molecule has 0 aromatic heterocycles. The largest absolute Gasteiger partial charge is 0.494 e. The minimum absolute atomic E-state index is 0.134. The van der Waals surface area contributed by atoms with Crippen molar-refractivity contribution in [1.82, 2.24) is 10.2 Å². The number of benzene rings is 3. The molecule has 10 nitrogen and oxygen atoms in total. The highest BCUT2D eigenvalue weighted by Crippen LogP contribution is 2.33. The fourth-order valence-corrected chi connectivity index (χ4v) is 6.36. The van der Waals surface area contributed by atoms with E-state index >= 15 is 0 Å². The fourth-order valence-electron chi connectivity index (χ4n) is 4.41. The van der Waals surface area contributed by atoms with Gasteiger partial charge in [0.15, 0.2) is 11.5 Å². The maximum Gasteiger partial charge on any atom is 0.264 e. The molecule has 2 amide bonds. The second kappa shape index (κ2) is 16.1. The number of nitrogens with zero attached hydrogens (tertiary/aromatic N) is 2. The molecule has 3 aromatic carbocycles. The van der Waals surface area contributed by atoms with E-state index < -0.39 is 34.4 Å². The normalized spacial score (nSPS) is 12.5. The Morgan fingerprint density at radius 3 is 2.09 bits per heavy atom. The van der Waals surface area contributed by atoms with Gasteiger partial charge < -0.3 is 24.4 Å². The van der Waals surface area contributed by atoms with Crippen LogP contribution in [-0.2, 0) is 26.2 Å². The molecule has 45 heavy (non-hydrogen) atoms. The van der Waals surface area contributed by atoms with Gasteiger partial charge in [0.1, 0.15) is 18.3 Å². The van der Waals surface area contributed by atoms with Crippen LogP contribution in [0.1, 0.15) is 39.7 Å². The van der Waals surface area contributed by atoms with E-state index in [4.69, 9.17) is 37.4 Å². The van der Waals surface area contributed by atoms with Crippen molar-refractivity contribution in [2.24, 2.45) is 0 Å². The summed E-state index contributed by atoms with van der Waals surface area (Å²) in [6.07, 6.45) is 0.678. The highest BCUT2D eigenvalue weighted by molar-refractivity contribution is 7.92. The van der Waals surface area contributed by atoms with Crippen molar-refractivity contribution in [3.63, 3.8) is 0 Å². The molecular weight excluding hydrogens is 641 g/mol. The molecule has 0 spiro atoms. The zero-order valence-corrected chi connectivity index (χ0v) is 28.5. The number of hydrogen-bond donors (Lipinski definition) is 1. The first-order chi connectivity index (χ1) is 21.4. The molecule has 3 aromatic rings. The van der Waals surface area contributed by atoms with Crippen molar-refractivity contribution < 1.29 is 32.2 Å². The van der Waals surface area contributed by atoms with E-state index in [9.17, 15) is 18.0 Å². The predicted molar refractivity (Wildman–Crippen MR) is 176 cm³/mol. The molecule has 0 aliphatic rings. The van der Waals surface area contributed by atoms with Gasteiger partial charge in [0, 0.05) is 34.3 Å². The molecule has 0 fully saturated rings. The van der Waals surface area contributed by atoms with E-state index in [-0.39, 0.29) is 28.9 Å². The zero-order valence-electron chi connectivity index (χ0n) is 26.2. The first-order valence-corrected chi connectivity index (χ1v) is 16.6. The third kappa shape index (κ3) is 8.74. The Hall–Kier alpha value is -3.67. The van der Waals surface area contributed by atoms with Crippen molar-refractivity contribution in [3.8, 4) is 17.2 Å². The van der Waals surface area contributed by atoms with Crippen molar-refractivity contribution >= 4 is 50.7 Å². The van der Waals surface area contributed by atoms with Gasteiger partial charge in [-0.3, -0.25) is 13.9 Å². The number of rotatable bonds is 15. The SMILES string of the molecule is CCOc1ccc(N(CC(=O)N(Cc2c(Cl)cccc2Cl)[C@H](C)C(=O)N[C@H](C)CC)S(=O)(=O)c2ccc(OC)c(OC)c2)cc1. The van der Waals surface area contributed by atoms with Crippen LogP contribution < -0.4 is 23.8 Å². The lowest BCUT2D eigenvalue weighted by Crippen LogP contribution is -2.52. The third-order valence-corrected chi connectivity index (χ3v) is 9.69. The van der Waals surface area contributed by atoms with Crippen LogP contribution in [0.2, 0.25) is 10.0 Å². The average Bonchev–Trinajstić information content (AvgIpc) is 3.03. The summed E-state index contributed by atoms with van der Waals surface area (Å²) in [5, 5.41) is 3.50. The summed E-state index contributed by atoms with van der Waals surface area (Å²) in [5.74, 6) is -0.000663. The number of hydrogen-bond acceptors (Lipinski definition) is 7. The van der Waals surface area contributed by atoms with E-state index in [1.807, 2.05) is 20.8 Å². The van der Waals surface area contributed by atoms with Gasteiger partial charge in [0.05, 0.1) is 31.4 Å². The number of halogens is 2. The molecular formula is C32H39Cl2N3O7S. The Morgan fingerprint density at radius 1 is 0.911 bits per heavy atom. The number of sulfonamides is 1. The summed E-state index contributed by atoms with van der Waals surface area (Å²) in [7, 11) is -1.53. The van der Waals surface area contributed by atoms with Gasteiger partial charge in [-0.05, 0) is 75.7 Å². The number of amides is 2. The summed E-state index contributed by atoms with van der Waals surface area (Å²) < 4.78 is 45.6. The molecule has 0 heterocycles. The molecule has 0 saturated carbocycles. The quantitative estimate of drug-likeness (QED) is 0.212. The highest BCUT2D eigenvalue weighted by atomic mass is 35.5. The van der Waals surface area contributed by atoms with Crippen LogP contribution in [0.25, 0.3) is 0 Å². The number of ether oxygens (including phenoxy) is 3. The number of methoxy groups -OCH3 is 2. The third-order valence-electron chi connectivity index (χ3n) is 7.22. The fraction of sp³-hybridized carbons (Fsp3) is 0.375. The smallest absolute Gasteiger partial charge is 0.264 e.